The largest absolute Gasteiger partial charge is 0.356 e. The summed E-state index contributed by atoms with van der Waals surface area (Å²) in [6, 6.07) is 0. The first-order valence-corrected chi connectivity index (χ1v) is 6.71. The first-order chi connectivity index (χ1) is 7.74. The number of nitrogens with one attached hydrogen (secondary N) is 1. The van der Waals surface area contributed by atoms with Crippen molar-refractivity contribution in [1.29, 1.82) is 0 Å². The lowest BCUT2D eigenvalue weighted by Gasteiger charge is -2.15. The Bertz CT molecular complexity index is 165. The van der Waals surface area contributed by atoms with Crippen molar-refractivity contribution in [2.24, 2.45) is 11.7 Å². The normalized spacial score (nSPS) is 12.4. The summed E-state index contributed by atoms with van der Waals surface area (Å²) < 4.78 is 0. The van der Waals surface area contributed by atoms with Crippen molar-refractivity contribution in [1.82, 2.24) is 5.32 Å². The minimum atomic E-state index is 0.201. The van der Waals surface area contributed by atoms with Gasteiger partial charge in [0.15, 0.2) is 0 Å². The number of amides is 1. The highest BCUT2D eigenvalue weighted by molar-refractivity contribution is 5.75. The van der Waals surface area contributed by atoms with E-state index < -0.39 is 0 Å². The molecule has 16 heavy (non-hydrogen) atoms. The van der Waals surface area contributed by atoms with Crippen LogP contribution in [0.1, 0.15) is 58.8 Å². The predicted molar refractivity (Wildman–Crippen MR) is 69.2 cm³/mol. The van der Waals surface area contributed by atoms with Gasteiger partial charge >= 0.3 is 0 Å². The maximum absolute atomic E-state index is 11.5. The fourth-order valence-corrected chi connectivity index (χ4v) is 1.87. The van der Waals surface area contributed by atoms with E-state index in [1.807, 2.05) is 0 Å². The summed E-state index contributed by atoms with van der Waals surface area (Å²) in [5.74, 6) is 0.761. The standard InChI is InChI=1S/C13H28N2O/c1-3-5-6-8-13(16)15-11-12(7-4-2)9-10-14/h12H,3-11,14H2,1-2H3,(H,15,16). The van der Waals surface area contributed by atoms with Gasteiger partial charge in [-0.2, -0.15) is 0 Å². The molecule has 0 aromatic carbocycles. The van der Waals surface area contributed by atoms with Crippen LogP contribution in [0.5, 0.6) is 0 Å². The Morgan fingerprint density at radius 2 is 1.94 bits per heavy atom. The van der Waals surface area contributed by atoms with Crippen molar-refractivity contribution in [2.45, 2.75) is 58.8 Å². The summed E-state index contributed by atoms with van der Waals surface area (Å²) >= 11 is 0. The van der Waals surface area contributed by atoms with E-state index in [0.717, 1.165) is 45.2 Å². The molecule has 0 bridgehead atoms. The minimum Gasteiger partial charge on any atom is -0.356 e. The highest BCUT2D eigenvalue weighted by atomic mass is 16.1. The fourth-order valence-electron chi connectivity index (χ4n) is 1.87. The van der Waals surface area contributed by atoms with Gasteiger partial charge in [0.1, 0.15) is 0 Å². The van der Waals surface area contributed by atoms with Crippen molar-refractivity contribution in [3.63, 3.8) is 0 Å². The summed E-state index contributed by atoms with van der Waals surface area (Å²) in [4.78, 5) is 11.5. The van der Waals surface area contributed by atoms with Crippen molar-refractivity contribution in [3.8, 4) is 0 Å². The molecule has 3 heteroatoms. The van der Waals surface area contributed by atoms with Crippen LogP contribution in [0.3, 0.4) is 0 Å². The molecule has 1 amide bonds. The van der Waals surface area contributed by atoms with E-state index >= 15 is 0 Å². The number of hydrogen-bond acceptors (Lipinski definition) is 2. The second-order valence-electron chi connectivity index (χ2n) is 4.49. The smallest absolute Gasteiger partial charge is 0.220 e. The lowest BCUT2D eigenvalue weighted by molar-refractivity contribution is -0.121. The molecule has 1 atom stereocenters. The average Bonchev–Trinajstić information content (AvgIpc) is 2.27. The van der Waals surface area contributed by atoms with Crippen molar-refractivity contribution >= 4 is 5.91 Å². The van der Waals surface area contributed by atoms with Crippen molar-refractivity contribution < 1.29 is 4.79 Å². The second kappa shape index (κ2) is 10.9. The first-order valence-electron chi connectivity index (χ1n) is 6.71. The Morgan fingerprint density at radius 1 is 1.19 bits per heavy atom. The molecule has 0 aliphatic rings. The summed E-state index contributed by atoms with van der Waals surface area (Å²) in [6.45, 7) is 5.84. The van der Waals surface area contributed by atoms with E-state index in [4.69, 9.17) is 5.73 Å². The molecule has 0 saturated carbocycles. The second-order valence-corrected chi connectivity index (χ2v) is 4.49. The van der Waals surface area contributed by atoms with Crippen LogP contribution in [-0.4, -0.2) is 19.0 Å². The van der Waals surface area contributed by atoms with Crippen molar-refractivity contribution in [3.05, 3.63) is 0 Å². The monoisotopic (exact) mass is 228 g/mol. The number of hydrogen-bond donors (Lipinski definition) is 2. The van der Waals surface area contributed by atoms with Gasteiger partial charge in [0.25, 0.3) is 0 Å². The van der Waals surface area contributed by atoms with E-state index in [-0.39, 0.29) is 5.91 Å². The molecule has 0 radical (unpaired) electrons. The third-order valence-electron chi connectivity index (χ3n) is 2.87. The number of carbonyl (C=O) groups is 1. The van der Waals surface area contributed by atoms with Gasteiger partial charge in [-0.15, -0.1) is 0 Å². The van der Waals surface area contributed by atoms with E-state index in [0.29, 0.717) is 12.3 Å². The van der Waals surface area contributed by atoms with Gasteiger partial charge in [-0.25, -0.2) is 0 Å². The molecule has 3 N–H and O–H groups in total. The van der Waals surface area contributed by atoms with Crippen LogP contribution >= 0.6 is 0 Å². The Labute approximate surface area is 100 Å². The van der Waals surface area contributed by atoms with Gasteiger partial charge in [0.2, 0.25) is 5.91 Å². The van der Waals surface area contributed by atoms with E-state index in [1.165, 1.54) is 6.42 Å². The molecular weight excluding hydrogens is 200 g/mol. The molecule has 1 unspecified atom stereocenters. The molecule has 0 heterocycles. The van der Waals surface area contributed by atoms with E-state index in [9.17, 15) is 4.79 Å². The van der Waals surface area contributed by atoms with Crippen molar-refractivity contribution in [2.75, 3.05) is 13.1 Å². The van der Waals surface area contributed by atoms with Gasteiger partial charge in [-0.3, -0.25) is 4.79 Å². The number of rotatable bonds is 10. The zero-order valence-electron chi connectivity index (χ0n) is 10.9. The van der Waals surface area contributed by atoms with Gasteiger partial charge in [0.05, 0.1) is 0 Å². The highest BCUT2D eigenvalue weighted by Gasteiger charge is 2.08. The lowest BCUT2D eigenvalue weighted by atomic mass is 10.00. The lowest BCUT2D eigenvalue weighted by Crippen LogP contribution is -2.30. The number of nitrogens with two attached hydrogens (primary N) is 1. The fraction of sp³-hybridized carbons (Fsp3) is 0.923. The topological polar surface area (TPSA) is 55.1 Å². The predicted octanol–water partition coefficient (Wildman–Crippen LogP) is 2.45. The maximum Gasteiger partial charge on any atom is 0.220 e. The van der Waals surface area contributed by atoms with E-state index in [1.54, 1.807) is 0 Å². The van der Waals surface area contributed by atoms with E-state index in [2.05, 4.69) is 19.2 Å². The highest BCUT2D eigenvalue weighted by Crippen LogP contribution is 2.09. The van der Waals surface area contributed by atoms with Gasteiger partial charge in [-0.05, 0) is 31.7 Å². The SMILES string of the molecule is CCCCCC(=O)NCC(CCC)CCN. The van der Waals surface area contributed by atoms with Crippen LogP contribution in [-0.2, 0) is 4.79 Å². The molecule has 0 aliphatic heterocycles. The third kappa shape index (κ3) is 8.72. The van der Waals surface area contributed by atoms with Crippen LogP contribution in [0.15, 0.2) is 0 Å². The number of carbonyl (C=O) groups excluding carboxylic acids is 1. The Morgan fingerprint density at radius 3 is 2.50 bits per heavy atom. The van der Waals surface area contributed by atoms with Crippen LogP contribution in [0.25, 0.3) is 0 Å². The Balaban J connectivity index is 3.60. The van der Waals surface area contributed by atoms with Gasteiger partial charge < -0.3 is 11.1 Å². The van der Waals surface area contributed by atoms with Crippen LogP contribution < -0.4 is 11.1 Å². The molecule has 0 aliphatic carbocycles. The summed E-state index contributed by atoms with van der Waals surface area (Å²) in [5, 5.41) is 3.02. The Hall–Kier alpha value is -0.570. The molecular formula is C13H28N2O. The first kappa shape index (κ1) is 15.4. The zero-order chi connectivity index (χ0) is 12.2. The summed E-state index contributed by atoms with van der Waals surface area (Å²) in [7, 11) is 0. The molecule has 0 fully saturated rings. The molecule has 0 spiro atoms. The maximum atomic E-state index is 11.5. The molecule has 96 valence electrons. The van der Waals surface area contributed by atoms with Crippen LogP contribution in [0.2, 0.25) is 0 Å². The van der Waals surface area contributed by atoms with Crippen LogP contribution in [0.4, 0.5) is 0 Å². The third-order valence-corrected chi connectivity index (χ3v) is 2.87. The summed E-state index contributed by atoms with van der Waals surface area (Å²) in [6.07, 6.45) is 7.34. The molecule has 0 aromatic rings. The van der Waals surface area contributed by atoms with Gasteiger partial charge in [-0.1, -0.05) is 33.1 Å². The van der Waals surface area contributed by atoms with Crippen LogP contribution in [0, 0.1) is 5.92 Å². The quantitative estimate of drug-likeness (QED) is 0.564. The zero-order valence-corrected chi connectivity index (χ0v) is 10.9. The summed E-state index contributed by atoms with van der Waals surface area (Å²) in [5.41, 5.74) is 5.55. The average molecular weight is 228 g/mol. The number of unbranched alkanes of at least 4 members (excludes halogenated alkanes) is 2. The minimum absolute atomic E-state index is 0.201. The Kier molecular flexibility index (Phi) is 10.5. The van der Waals surface area contributed by atoms with Gasteiger partial charge in [0, 0.05) is 13.0 Å². The molecule has 0 rings (SSSR count). The molecule has 0 aromatic heterocycles. The molecule has 0 saturated heterocycles. The molecule has 3 nitrogen and oxygen atoms in total.